The van der Waals surface area contributed by atoms with Gasteiger partial charge >= 0.3 is 0 Å². The molecular formula is C12H20ClN3. The van der Waals surface area contributed by atoms with E-state index in [0.29, 0.717) is 17.2 Å². The minimum Gasteiger partial charge on any atom is -0.367 e. The van der Waals surface area contributed by atoms with Crippen LogP contribution in [-0.4, -0.2) is 16.0 Å². The third-order valence-electron chi connectivity index (χ3n) is 2.96. The lowest BCUT2D eigenvalue weighted by atomic mass is 9.95. The molecule has 1 atom stereocenters. The van der Waals surface area contributed by atoms with Crippen LogP contribution in [0, 0.1) is 12.8 Å². The van der Waals surface area contributed by atoms with E-state index >= 15 is 0 Å². The molecule has 0 saturated carbocycles. The molecule has 1 aromatic rings. The highest BCUT2D eigenvalue weighted by Crippen LogP contribution is 2.18. The van der Waals surface area contributed by atoms with Gasteiger partial charge in [-0.05, 0) is 31.4 Å². The summed E-state index contributed by atoms with van der Waals surface area (Å²) in [5.74, 6) is 1.48. The molecule has 1 heterocycles. The van der Waals surface area contributed by atoms with Crippen molar-refractivity contribution < 1.29 is 0 Å². The van der Waals surface area contributed by atoms with Gasteiger partial charge in [0.1, 0.15) is 5.82 Å². The van der Waals surface area contributed by atoms with Crippen LogP contribution in [0.15, 0.2) is 6.07 Å². The number of nitrogens with zero attached hydrogens (tertiary/aromatic N) is 2. The van der Waals surface area contributed by atoms with E-state index in [9.17, 15) is 0 Å². The number of hydrogen-bond acceptors (Lipinski definition) is 3. The first kappa shape index (κ1) is 13.2. The monoisotopic (exact) mass is 241 g/mol. The van der Waals surface area contributed by atoms with Crippen molar-refractivity contribution in [3.63, 3.8) is 0 Å². The van der Waals surface area contributed by atoms with Crippen molar-refractivity contribution in [3.05, 3.63) is 17.0 Å². The van der Waals surface area contributed by atoms with Crippen molar-refractivity contribution in [2.75, 3.05) is 5.32 Å². The van der Waals surface area contributed by atoms with Crippen molar-refractivity contribution >= 4 is 17.4 Å². The Morgan fingerprint density at radius 2 is 1.94 bits per heavy atom. The Labute approximate surface area is 103 Å². The third kappa shape index (κ3) is 3.63. The van der Waals surface area contributed by atoms with Gasteiger partial charge in [-0.25, -0.2) is 9.97 Å². The fraction of sp³-hybridized carbons (Fsp3) is 0.667. The Hall–Kier alpha value is -0.830. The molecule has 90 valence electrons. The summed E-state index contributed by atoms with van der Waals surface area (Å²) in [5, 5.41) is 3.69. The molecule has 1 aromatic heterocycles. The van der Waals surface area contributed by atoms with Crippen molar-refractivity contribution in [2.45, 2.75) is 46.6 Å². The second kappa shape index (κ2) is 6.04. The molecule has 1 N–H and O–H groups in total. The summed E-state index contributed by atoms with van der Waals surface area (Å²) in [7, 11) is 0. The number of aromatic nitrogens is 2. The number of anilines is 1. The van der Waals surface area contributed by atoms with Crippen molar-refractivity contribution in [1.29, 1.82) is 0 Å². The van der Waals surface area contributed by atoms with Crippen LogP contribution in [0.25, 0.3) is 0 Å². The maximum Gasteiger partial charge on any atom is 0.224 e. The fourth-order valence-electron chi connectivity index (χ4n) is 1.95. The van der Waals surface area contributed by atoms with E-state index < -0.39 is 0 Å². The van der Waals surface area contributed by atoms with Crippen LogP contribution in [0.1, 0.15) is 39.3 Å². The first-order chi connectivity index (χ1) is 7.56. The van der Waals surface area contributed by atoms with Crippen molar-refractivity contribution in [2.24, 2.45) is 5.92 Å². The molecule has 16 heavy (non-hydrogen) atoms. The zero-order chi connectivity index (χ0) is 12.1. The van der Waals surface area contributed by atoms with Crippen LogP contribution in [0.2, 0.25) is 5.28 Å². The zero-order valence-electron chi connectivity index (χ0n) is 10.4. The molecule has 0 aromatic carbocycles. The lowest BCUT2D eigenvalue weighted by Gasteiger charge is -2.23. The maximum atomic E-state index is 5.82. The minimum absolute atomic E-state index is 0.305. The largest absolute Gasteiger partial charge is 0.367 e. The normalized spacial score (nSPS) is 12.9. The highest BCUT2D eigenvalue weighted by Gasteiger charge is 2.13. The number of rotatable bonds is 5. The number of aryl methyl sites for hydroxylation is 1. The van der Waals surface area contributed by atoms with E-state index in [4.69, 9.17) is 11.6 Å². The van der Waals surface area contributed by atoms with Crippen LogP contribution < -0.4 is 5.32 Å². The number of halogens is 1. The standard InChI is InChI=1S/C12H20ClN3/c1-5-10(6-2)9(4)15-11-7-8(3)14-12(13)16-11/h7,9-10H,5-6H2,1-4H3,(H,14,15,16). The predicted octanol–water partition coefficient (Wildman–Crippen LogP) is 3.68. The lowest BCUT2D eigenvalue weighted by molar-refractivity contribution is 0.437. The first-order valence-corrected chi connectivity index (χ1v) is 6.22. The van der Waals surface area contributed by atoms with Gasteiger partial charge in [-0.1, -0.05) is 26.7 Å². The average molecular weight is 242 g/mol. The van der Waals surface area contributed by atoms with E-state index in [-0.39, 0.29) is 0 Å². The van der Waals surface area contributed by atoms with E-state index in [1.807, 2.05) is 13.0 Å². The molecule has 0 bridgehead atoms. The molecule has 0 amide bonds. The summed E-state index contributed by atoms with van der Waals surface area (Å²) in [5.41, 5.74) is 0.888. The molecule has 0 saturated heterocycles. The predicted molar refractivity (Wildman–Crippen MR) is 68.9 cm³/mol. The van der Waals surface area contributed by atoms with Crippen molar-refractivity contribution in [3.8, 4) is 0 Å². The molecule has 1 rings (SSSR count). The maximum absolute atomic E-state index is 5.82. The quantitative estimate of drug-likeness (QED) is 0.800. The Kier molecular flexibility index (Phi) is 5.00. The molecule has 0 aliphatic rings. The van der Waals surface area contributed by atoms with Crippen LogP contribution in [0.4, 0.5) is 5.82 Å². The van der Waals surface area contributed by atoms with Crippen LogP contribution in [0.5, 0.6) is 0 Å². The topological polar surface area (TPSA) is 37.8 Å². The summed E-state index contributed by atoms with van der Waals surface area (Å²) in [4.78, 5) is 8.21. The van der Waals surface area contributed by atoms with E-state index in [1.54, 1.807) is 0 Å². The minimum atomic E-state index is 0.305. The summed E-state index contributed by atoms with van der Waals surface area (Å²) in [6, 6.07) is 2.32. The van der Waals surface area contributed by atoms with E-state index in [0.717, 1.165) is 11.5 Å². The summed E-state index contributed by atoms with van der Waals surface area (Å²) >= 11 is 5.82. The lowest BCUT2D eigenvalue weighted by Crippen LogP contribution is -2.25. The van der Waals surface area contributed by atoms with Crippen molar-refractivity contribution in [1.82, 2.24) is 9.97 Å². The Morgan fingerprint density at radius 1 is 1.31 bits per heavy atom. The van der Waals surface area contributed by atoms with Crippen LogP contribution in [-0.2, 0) is 0 Å². The van der Waals surface area contributed by atoms with Gasteiger partial charge in [-0.15, -0.1) is 0 Å². The van der Waals surface area contributed by atoms with Gasteiger partial charge in [0.25, 0.3) is 0 Å². The second-order valence-electron chi connectivity index (χ2n) is 4.17. The Bertz CT molecular complexity index is 317. The summed E-state index contributed by atoms with van der Waals surface area (Å²) in [6.07, 6.45) is 2.34. The van der Waals surface area contributed by atoms with Gasteiger partial charge in [-0.2, -0.15) is 0 Å². The molecule has 0 spiro atoms. The van der Waals surface area contributed by atoms with E-state index in [1.165, 1.54) is 12.8 Å². The van der Waals surface area contributed by atoms with Gasteiger partial charge in [0.05, 0.1) is 0 Å². The van der Waals surface area contributed by atoms with Gasteiger partial charge in [0.15, 0.2) is 0 Å². The fourth-order valence-corrected chi connectivity index (χ4v) is 2.18. The SMILES string of the molecule is CCC(CC)C(C)Nc1cc(C)nc(Cl)n1. The highest BCUT2D eigenvalue weighted by atomic mass is 35.5. The highest BCUT2D eigenvalue weighted by molar-refractivity contribution is 6.28. The molecule has 0 aliphatic heterocycles. The van der Waals surface area contributed by atoms with Gasteiger partial charge in [0, 0.05) is 17.8 Å². The average Bonchev–Trinajstić information content (AvgIpc) is 2.17. The van der Waals surface area contributed by atoms with E-state index in [2.05, 4.69) is 36.1 Å². The Balaban J connectivity index is 2.72. The summed E-state index contributed by atoms with van der Waals surface area (Å²) < 4.78 is 0. The van der Waals surface area contributed by atoms with Crippen LogP contribution >= 0.6 is 11.6 Å². The van der Waals surface area contributed by atoms with Gasteiger partial charge < -0.3 is 5.32 Å². The third-order valence-corrected chi connectivity index (χ3v) is 3.13. The molecule has 0 aliphatic carbocycles. The molecule has 1 unspecified atom stereocenters. The summed E-state index contributed by atoms with van der Waals surface area (Å²) in [6.45, 7) is 8.53. The molecule has 0 fully saturated rings. The second-order valence-corrected chi connectivity index (χ2v) is 4.51. The van der Waals surface area contributed by atoms with Gasteiger partial charge in [-0.3, -0.25) is 0 Å². The molecule has 0 radical (unpaired) electrons. The zero-order valence-corrected chi connectivity index (χ0v) is 11.2. The first-order valence-electron chi connectivity index (χ1n) is 5.84. The number of hydrogen-bond donors (Lipinski definition) is 1. The smallest absolute Gasteiger partial charge is 0.224 e. The van der Waals surface area contributed by atoms with Gasteiger partial charge in [0.2, 0.25) is 5.28 Å². The van der Waals surface area contributed by atoms with Crippen LogP contribution in [0.3, 0.4) is 0 Å². The number of nitrogens with one attached hydrogen (secondary N) is 1. The molecule has 3 nitrogen and oxygen atoms in total. The molecule has 4 heteroatoms. The Morgan fingerprint density at radius 3 is 2.44 bits per heavy atom. The molecular weight excluding hydrogens is 222 g/mol.